The molecular formula is C31H31N5O6. The Balaban J connectivity index is 1.65. The number of oxime groups is 1. The summed E-state index contributed by atoms with van der Waals surface area (Å²) >= 11 is 0. The first-order chi connectivity index (χ1) is 20.1. The first-order valence-corrected chi connectivity index (χ1v) is 13.4. The molecule has 42 heavy (non-hydrogen) atoms. The molecule has 1 heterocycles. The van der Waals surface area contributed by atoms with Gasteiger partial charge in [-0.3, -0.25) is 19.2 Å². The standard InChI is InChI=1S/C31H31N5O6/c1-19(2)28(34-29(40)22-14-13-20-9-7-8-10-21(20)15-22)24-17-31(42-35-24,23-11-5-4-6-12-23)30(41)36(3)25(16-27(38)39)26(37)18-33-32/h4-15,18-19,25,28H,16-17H2,1-3H3,(H,34,40)(H,38,39)/t25-,28-,31?/m0/s1. The Labute approximate surface area is 242 Å². The highest BCUT2D eigenvalue weighted by Gasteiger charge is 2.53. The van der Waals surface area contributed by atoms with Gasteiger partial charge in [-0.15, -0.1) is 0 Å². The number of hydrogen-bond acceptors (Lipinski definition) is 6. The quantitative estimate of drug-likeness (QED) is 0.204. The lowest BCUT2D eigenvalue weighted by Crippen LogP contribution is -2.53. The fraction of sp³-hybridized carbons (Fsp3) is 0.290. The highest BCUT2D eigenvalue weighted by Crippen LogP contribution is 2.38. The number of carboxylic acid groups (broad SMARTS) is 1. The van der Waals surface area contributed by atoms with Crippen molar-refractivity contribution in [2.75, 3.05) is 7.05 Å². The zero-order valence-electron chi connectivity index (χ0n) is 23.4. The van der Waals surface area contributed by atoms with Crippen LogP contribution in [0.25, 0.3) is 16.3 Å². The molecule has 0 saturated carbocycles. The van der Waals surface area contributed by atoms with E-state index >= 15 is 0 Å². The zero-order chi connectivity index (χ0) is 30.4. The van der Waals surface area contributed by atoms with Gasteiger partial charge in [-0.2, -0.15) is 4.79 Å². The van der Waals surface area contributed by atoms with Crippen LogP contribution in [0.1, 0.15) is 42.6 Å². The van der Waals surface area contributed by atoms with Crippen LogP contribution in [0.5, 0.6) is 0 Å². The maximum Gasteiger partial charge on any atom is 0.325 e. The predicted octanol–water partition coefficient (Wildman–Crippen LogP) is 3.44. The largest absolute Gasteiger partial charge is 0.481 e. The molecule has 2 N–H and O–H groups in total. The van der Waals surface area contributed by atoms with Crippen molar-refractivity contribution in [1.29, 1.82) is 0 Å². The number of ketones is 1. The fourth-order valence-electron chi connectivity index (χ4n) is 5.08. The third-order valence-electron chi connectivity index (χ3n) is 7.33. The molecule has 3 atom stereocenters. The van der Waals surface area contributed by atoms with E-state index in [1.54, 1.807) is 42.5 Å². The van der Waals surface area contributed by atoms with Crippen molar-refractivity contribution in [3.05, 3.63) is 89.5 Å². The van der Waals surface area contributed by atoms with Crippen molar-refractivity contribution < 1.29 is 33.9 Å². The Morgan fingerprint density at radius 2 is 1.74 bits per heavy atom. The van der Waals surface area contributed by atoms with Crippen LogP contribution < -0.4 is 5.32 Å². The highest BCUT2D eigenvalue weighted by molar-refractivity contribution is 6.28. The molecule has 4 rings (SSSR count). The van der Waals surface area contributed by atoms with Crippen molar-refractivity contribution in [2.45, 2.75) is 44.4 Å². The lowest BCUT2D eigenvalue weighted by Gasteiger charge is -2.33. The van der Waals surface area contributed by atoms with Crippen molar-refractivity contribution in [1.82, 2.24) is 10.2 Å². The second-order valence-electron chi connectivity index (χ2n) is 10.5. The number of fused-ring (bicyclic) bond motifs is 1. The van der Waals surface area contributed by atoms with E-state index in [9.17, 15) is 24.3 Å². The molecular weight excluding hydrogens is 538 g/mol. The second kappa shape index (κ2) is 12.6. The molecule has 0 bridgehead atoms. The molecule has 0 saturated heterocycles. The summed E-state index contributed by atoms with van der Waals surface area (Å²) in [6.45, 7) is 3.81. The van der Waals surface area contributed by atoms with Crippen molar-refractivity contribution >= 4 is 46.3 Å². The van der Waals surface area contributed by atoms with Crippen LogP contribution in [-0.4, -0.2) is 69.4 Å². The van der Waals surface area contributed by atoms with Crippen LogP contribution in [0, 0.1) is 5.92 Å². The molecule has 3 aromatic carbocycles. The average Bonchev–Trinajstić information content (AvgIpc) is 3.44. The molecule has 1 unspecified atom stereocenters. The molecule has 11 heteroatoms. The molecule has 0 aromatic heterocycles. The van der Waals surface area contributed by atoms with Crippen LogP contribution in [0.3, 0.4) is 0 Å². The lowest BCUT2D eigenvalue weighted by atomic mass is 9.83. The number of carbonyl (C=O) groups is 4. The van der Waals surface area contributed by atoms with Crippen molar-refractivity contribution in [3.8, 4) is 0 Å². The molecule has 0 spiro atoms. The number of nitrogens with one attached hydrogen (secondary N) is 1. The summed E-state index contributed by atoms with van der Waals surface area (Å²) in [6.07, 6.45) is -0.230. The lowest BCUT2D eigenvalue weighted by molar-refractivity contribution is -0.160. The minimum absolute atomic E-state index is 0.0664. The number of likely N-dealkylation sites (N-methyl/N-ethyl adjacent to an activating group) is 1. The van der Waals surface area contributed by atoms with E-state index in [4.69, 9.17) is 10.4 Å². The molecule has 11 nitrogen and oxygen atoms in total. The number of hydrogen-bond donors (Lipinski definition) is 2. The van der Waals surface area contributed by atoms with Gasteiger partial charge < -0.3 is 25.7 Å². The molecule has 0 radical (unpaired) electrons. The van der Waals surface area contributed by atoms with Crippen LogP contribution >= 0.6 is 0 Å². The molecule has 0 fully saturated rings. The summed E-state index contributed by atoms with van der Waals surface area (Å²) in [4.78, 5) is 61.2. The Hall–Kier alpha value is -5.15. The van der Waals surface area contributed by atoms with Gasteiger partial charge in [0.05, 0.1) is 18.2 Å². The molecule has 2 amide bonds. The molecule has 1 aliphatic rings. The number of aliphatic carboxylic acids is 1. The number of nitrogens with zero attached hydrogens (tertiary/aromatic N) is 4. The molecule has 0 aliphatic carbocycles. The molecule has 3 aromatic rings. The summed E-state index contributed by atoms with van der Waals surface area (Å²) in [5, 5.41) is 18.6. The Kier molecular flexibility index (Phi) is 8.93. The average molecular weight is 570 g/mol. The topological polar surface area (TPSA) is 162 Å². The minimum Gasteiger partial charge on any atom is -0.481 e. The highest BCUT2D eigenvalue weighted by atomic mass is 16.7. The Bertz CT molecular complexity index is 1600. The van der Waals surface area contributed by atoms with Gasteiger partial charge in [0, 0.05) is 24.6 Å². The predicted molar refractivity (Wildman–Crippen MR) is 155 cm³/mol. The summed E-state index contributed by atoms with van der Waals surface area (Å²) < 4.78 is 0. The van der Waals surface area contributed by atoms with Crippen molar-refractivity contribution in [3.63, 3.8) is 0 Å². The Morgan fingerprint density at radius 3 is 2.38 bits per heavy atom. The summed E-state index contributed by atoms with van der Waals surface area (Å²) in [7, 11) is 1.28. The van der Waals surface area contributed by atoms with Gasteiger partial charge in [-0.1, -0.05) is 79.7 Å². The number of Topliss-reactive ketones (excluding diaryl/α,β-unsaturated/α-hetero) is 1. The van der Waals surface area contributed by atoms with Crippen LogP contribution in [0.15, 0.2) is 78.0 Å². The van der Waals surface area contributed by atoms with Gasteiger partial charge in [-0.05, 0) is 28.8 Å². The van der Waals surface area contributed by atoms with Gasteiger partial charge in [0.25, 0.3) is 17.6 Å². The van der Waals surface area contributed by atoms with Gasteiger partial charge in [-0.25, -0.2) is 0 Å². The Morgan fingerprint density at radius 1 is 1.07 bits per heavy atom. The molecule has 1 aliphatic heterocycles. The fourth-order valence-corrected chi connectivity index (χ4v) is 5.08. The number of carboxylic acids is 1. The van der Waals surface area contributed by atoms with E-state index in [0.29, 0.717) is 23.1 Å². The van der Waals surface area contributed by atoms with E-state index in [0.717, 1.165) is 15.7 Å². The number of rotatable bonds is 11. The number of benzene rings is 3. The van der Waals surface area contributed by atoms with Crippen molar-refractivity contribution in [2.24, 2.45) is 11.1 Å². The SMILES string of the molecule is CC(C)[C@H](NC(=O)c1ccc2ccccc2c1)C1=NOC(C(=O)N(C)[C@@H](CC(=O)O)C(=O)C=[N+]=[N-])(c2ccccc2)C1. The summed E-state index contributed by atoms with van der Waals surface area (Å²) in [5.41, 5.74) is 8.42. The van der Waals surface area contributed by atoms with E-state index < -0.39 is 41.8 Å². The first-order valence-electron chi connectivity index (χ1n) is 13.4. The number of carbonyl (C=O) groups excluding carboxylic acids is 3. The van der Waals surface area contributed by atoms with Gasteiger partial charge in [0.1, 0.15) is 6.04 Å². The van der Waals surface area contributed by atoms with E-state index in [1.165, 1.54) is 7.05 Å². The smallest absolute Gasteiger partial charge is 0.325 e. The molecule has 216 valence electrons. The van der Waals surface area contributed by atoms with Crippen LogP contribution in [0.2, 0.25) is 0 Å². The summed E-state index contributed by atoms with van der Waals surface area (Å²) in [6, 6.07) is 19.6. The van der Waals surface area contributed by atoms with E-state index in [1.807, 2.05) is 44.2 Å². The van der Waals surface area contributed by atoms with Crippen LogP contribution in [-0.2, 0) is 24.8 Å². The van der Waals surface area contributed by atoms with Gasteiger partial charge >= 0.3 is 12.2 Å². The van der Waals surface area contributed by atoms with E-state index in [2.05, 4.69) is 15.3 Å². The third-order valence-corrected chi connectivity index (χ3v) is 7.33. The second-order valence-corrected chi connectivity index (χ2v) is 10.5. The zero-order valence-corrected chi connectivity index (χ0v) is 23.4. The summed E-state index contributed by atoms with van der Waals surface area (Å²) in [5.74, 6) is -3.38. The third kappa shape index (κ3) is 6.11. The van der Waals surface area contributed by atoms with Gasteiger partial charge in [0.2, 0.25) is 5.60 Å². The van der Waals surface area contributed by atoms with E-state index in [-0.39, 0.29) is 18.2 Å². The monoisotopic (exact) mass is 569 g/mol. The maximum absolute atomic E-state index is 14.1. The van der Waals surface area contributed by atoms with Crippen LogP contribution in [0.4, 0.5) is 0 Å². The normalized spacial score (nSPS) is 17.4. The minimum atomic E-state index is -1.74. The van der Waals surface area contributed by atoms with Gasteiger partial charge in [0.15, 0.2) is 0 Å². The number of amides is 2. The maximum atomic E-state index is 14.1. The first kappa shape index (κ1) is 29.8.